The van der Waals surface area contributed by atoms with Gasteiger partial charge in [0.25, 0.3) is 0 Å². The van der Waals surface area contributed by atoms with Gasteiger partial charge in [0, 0.05) is 69.8 Å². The van der Waals surface area contributed by atoms with Gasteiger partial charge in [-0.05, 0) is 66.7 Å². The summed E-state index contributed by atoms with van der Waals surface area (Å²) in [6.07, 6.45) is 0. The second-order valence-electron chi connectivity index (χ2n) is 14.4. The Labute approximate surface area is 331 Å². The van der Waals surface area contributed by atoms with Gasteiger partial charge >= 0.3 is 0 Å². The third kappa shape index (κ3) is 4.98. The molecule has 12 rings (SSSR count). The minimum atomic E-state index is 0.636. The number of benzene rings is 8. The van der Waals surface area contributed by atoms with E-state index in [0.717, 1.165) is 33.6 Å². The lowest BCUT2D eigenvalue weighted by Gasteiger charge is -2.12. The van der Waals surface area contributed by atoms with Crippen molar-refractivity contribution in [2.24, 2.45) is 0 Å². The molecule has 8 aromatic carbocycles. The molecule has 0 radical (unpaired) electrons. The Morgan fingerprint density at radius 2 is 0.825 bits per heavy atom. The lowest BCUT2D eigenvalue weighted by molar-refractivity contribution is 1.07. The molecule has 0 aliphatic carbocycles. The van der Waals surface area contributed by atoms with E-state index in [1.54, 1.807) is 0 Å². The predicted octanol–water partition coefficient (Wildman–Crippen LogP) is 13.4. The molecule has 0 N–H and O–H groups in total. The molecule has 0 unspecified atom stereocenters. The van der Waals surface area contributed by atoms with Crippen molar-refractivity contribution in [3.05, 3.63) is 188 Å². The molecule has 0 aliphatic heterocycles. The van der Waals surface area contributed by atoms with E-state index in [9.17, 15) is 0 Å². The van der Waals surface area contributed by atoms with E-state index in [2.05, 4.69) is 137 Å². The normalized spacial score (nSPS) is 11.9. The molecular formula is C51H31N5S. The SMILES string of the molecule is c1ccc(-c2nc(-c3ccccc3)nc(-c3ccc(-n4c5cc(-n6c7ccccc7c7ccccc76)ccc5c5c6c(ccc54)sc4ccccc46)cc3)n2)cc1. The molecule has 5 nitrogen and oxygen atoms in total. The molecule has 0 spiro atoms. The van der Waals surface area contributed by atoms with Crippen molar-refractivity contribution in [2.75, 3.05) is 0 Å². The maximum absolute atomic E-state index is 5.01. The lowest BCUT2D eigenvalue weighted by atomic mass is 10.1. The summed E-state index contributed by atoms with van der Waals surface area (Å²) in [5, 5.41) is 7.60. The van der Waals surface area contributed by atoms with Crippen LogP contribution in [0.3, 0.4) is 0 Å². The van der Waals surface area contributed by atoms with E-state index in [4.69, 9.17) is 15.0 Å². The Hall–Kier alpha value is -7.41. The molecule has 6 heteroatoms. The first-order chi connectivity index (χ1) is 28.3. The Kier molecular flexibility index (Phi) is 7.03. The van der Waals surface area contributed by atoms with Crippen molar-refractivity contribution in [1.29, 1.82) is 0 Å². The highest BCUT2D eigenvalue weighted by atomic mass is 32.1. The number of aromatic nitrogens is 5. The summed E-state index contributed by atoms with van der Waals surface area (Å²) < 4.78 is 7.42. The van der Waals surface area contributed by atoms with Crippen molar-refractivity contribution in [3.63, 3.8) is 0 Å². The highest BCUT2D eigenvalue weighted by molar-refractivity contribution is 7.26. The van der Waals surface area contributed by atoms with Crippen LogP contribution in [0.1, 0.15) is 0 Å². The molecule has 0 amide bonds. The number of fused-ring (bicyclic) bond motifs is 10. The van der Waals surface area contributed by atoms with Crippen LogP contribution in [0.5, 0.6) is 0 Å². The van der Waals surface area contributed by atoms with Crippen LogP contribution >= 0.6 is 11.3 Å². The minimum absolute atomic E-state index is 0.636. The van der Waals surface area contributed by atoms with Crippen molar-refractivity contribution < 1.29 is 0 Å². The van der Waals surface area contributed by atoms with E-state index in [0.29, 0.717) is 17.5 Å². The molecule has 4 heterocycles. The van der Waals surface area contributed by atoms with Crippen LogP contribution < -0.4 is 0 Å². The number of hydrogen-bond acceptors (Lipinski definition) is 4. The van der Waals surface area contributed by atoms with E-state index in [-0.39, 0.29) is 0 Å². The number of hydrogen-bond donors (Lipinski definition) is 0. The molecule has 266 valence electrons. The van der Waals surface area contributed by atoms with E-state index < -0.39 is 0 Å². The van der Waals surface area contributed by atoms with Crippen molar-refractivity contribution >= 4 is 75.1 Å². The van der Waals surface area contributed by atoms with E-state index in [1.807, 2.05) is 72.0 Å². The molecule has 0 saturated heterocycles. The fourth-order valence-electron chi connectivity index (χ4n) is 8.63. The summed E-state index contributed by atoms with van der Waals surface area (Å²) in [5.74, 6) is 1.93. The minimum Gasteiger partial charge on any atom is -0.309 e. The van der Waals surface area contributed by atoms with Gasteiger partial charge in [0.15, 0.2) is 17.5 Å². The van der Waals surface area contributed by atoms with Crippen molar-refractivity contribution in [3.8, 4) is 45.5 Å². The largest absolute Gasteiger partial charge is 0.309 e. The molecule has 12 aromatic rings. The maximum Gasteiger partial charge on any atom is 0.164 e. The highest BCUT2D eigenvalue weighted by Crippen LogP contribution is 2.44. The zero-order chi connectivity index (χ0) is 37.5. The van der Waals surface area contributed by atoms with Gasteiger partial charge in [0.2, 0.25) is 0 Å². The maximum atomic E-state index is 5.01. The summed E-state index contributed by atoms with van der Waals surface area (Å²) >= 11 is 1.86. The van der Waals surface area contributed by atoms with Gasteiger partial charge in [-0.3, -0.25) is 0 Å². The fourth-order valence-corrected chi connectivity index (χ4v) is 9.74. The first kappa shape index (κ1) is 31.9. The highest BCUT2D eigenvalue weighted by Gasteiger charge is 2.20. The molecule has 0 atom stereocenters. The Morgan fingerprint density at radius 3 is 1.46 bits per heavy atom. The lowest BCUT2D eigenvalue weighted by Crippen LogP contribution is -2.00. The molecule has 4 aromatic heterocycles. The Bertz CT molecular complexity index is 3400. The molecule has 0 saturated carbocycles. The summed E-state index contributed by atoms with van der Waals surface area (Å²) in [6.45, 7) is 0. The summed E-state index contributed by atoms with van der Waals surface area (Å²) in [7, 11) is 0. The van der Waals surface area contributed by atoms with Gasteiger partial charge in [0.1, 0.15) is 0 Å². The van der Waals surface area contributed by atoms with Gasteiger partial charge in [-0.1, -0.05) is 121 Å². The summed E-state index contributed by atoms with van der Waals surface area (Å²) in [5.41, 5.74) is 9.73. The standard InChI is InChI=1S/C51H31N5S/c1-3-13-32(14-4-1)49-52-50(33-15-5-2-6-16-33)54-51(53-49)34-23-25-35(26-24-34)55-43-29-30-46-48(40-19-9-12-22-45(40)57-46)47(43)39-28-27-36(31-44(39)55)56-41-20-10-7-17-37(41)38-18-8-11-21-42(38)56/h1-31H. The van der Waals surface area contributed by atoms with Crippen LogP contribution in [-0.4, -0.2) is 24.1 Å². The number of nitrogens with zero attached hydrogens (tertiary/aromatic N) is 5. The second-order valence-corrected chi connectivity index (χ2v) is 15.5. The van der Waals surface area contributed by atoms with Gasteiger partial charge in [-0.15, -0.1) is 11.3 Å². The summed E-state index contributed by atoms with van der Waals surface area (Å²) in [4.78, 5) is 14.9. The van der Waals surface area contributed by atoms with E-state index >= 15 is 0 Å². The molecular weight excluding hydrogens is 715 g/mol. The molecule has 0 aliphatic rings. The van der Waals surface area contributed by atoms with E-state index in [1.165, 1.54) is 58.3 Å². The first-order valence-electron chi connectivity index (χ1n) is 19.1. The van der Waals surface area contributed by atoms with Crippen LogP contribution in [0.2, 0.25) is 0 Å². The van der Waals surface area contributed by atoms with Crippen LogP contribution in [0.15, 0.2) is 188 Å². The number of thiophene rings is 1. The third-order valence-corrected chi connectivity index (χ3v) is 12.3. The molecule has 0 fully saturated rings. The monoisotopic (exact) mass is 745 g/mol. The average Bonchev–Trinajstić information content (AvgIpc) is 3.94. The predicted molar refractivity (Wildman–Crippen MR) is 238 cm³/mol. The molecule has 57 heavy (non-hydrogen) atoms. The van der Waals surface area contributed by atoms with Crippen molar-refractivity contribution in [2.45, 2.75) is 0 Å². The second kappa shape index (κ2) is 12.6. The third-order valence-electron chi connectivity index (χ3n) is 11.2. The van der Waals surface area contributed by atoms with Crippen LogP contribution in [0.25, 0.3) is 109 Å². The van der Waals surface area contributed by atoms with Crippen LogP contribution in [0.4, 0.5) is 0 Å². The van der Waals surface area contributed by atoms with Crippen LogP contribution in [0, 0.1) is 0 Å². The van der Waals surface area contributed by atoms with Gasteiger partial charge in [-0.25, -0.2) is 15.0 Å². The first-order valence-corrected chi connectivity index (χ1v) is 19.9. The van der Waals surface area contributed by atoms with Gasteiger partial charge in [0.05, 0.1) is 22.1 Å². The van der Waals surface area contributed by atoms with Crippen LogP contribution in [-0.2, 0) is 0 Å². The quantitative estimate of drug-likeness (QED) is 0.176. The smallest absolute Gasteiger partial charge is 0.164 e. The zero-order valence-corrected chi connectivity index (χ0v) is 31.4. The topological polar surface area (TPSA) is 48.5 Å². The average molecular weight is 746 g/mol. The Balaban J connectivity index is 1.09. The van der Waals surface area contributed by atoms with Crippen molar-refractivity contribution in [1.82, 2.24) is 24.1 Å². The van der Waals surface area contributed by atoms with Gasteiger partial charge in [-0.2, -0.15) is 0 Å². The number of rotatable bonds is 5. The zero-order valence-electron chi connectivity index (χ0n) is 30.5. The summed E-state index contributed by atoms with van der Waals surface area (Å²) in [6, 6.07) is 66.7. The Morgan fingerprint density at radius 1 is 0.316 bits per heavy atom. The number of para-hydroxylation sites is 2. The fraction of sp³-hybridized carbons (Fsp3) is 0. The molecule has 0 bridgehead atoms. The van der Waals surface area contributed by atoms with Gasteiger partial charge < -0.3 is 9.13 Å².